The van der Waals surface area contributed by atoms with Crippen molar-refractivity contribution in [3.8, 4) is 0 Å². The molecule has 0 aromatic heterocycles. The second-order valence-electron chi connectivity index (χ2n) is 5.40. The van der Waals surface area contributed by atoms with Gasteiger partial charge in [-0.25, -0.2) is 0 Å². The number of hydrogen-bond donors (Lipinski definition) is 1. The standard InChI is InChI=1S/C18H22BN/c19-17-11-7-15(8-12-17)5-3-1-2-4-6-16-9-13-18(20)14-10-16/h7-14H,1-6,20H2. The molecule has 0 spiro atoms. The highest BCUT2D eigenvalue weighted by atomic mass is 14.5. The smallest absolute Gasteiger partial charge is 0.113 e. The lowest BCUT2D eigenvalue weighted by Crippen LogP contribution is -2.00. The molecule has 0 aliphatic rings. The van der Waals surface area contributed by atoms with E-state index in [1.807, 2.05) is 24.3 Å². The third-order valence-corrected chi connectivity index (χ3v) is 3.64. The van der Waals surface area contributed by atoms with Gasteiger partial charge in [0.2, 0.25) is 0 Å². The van der Waals surface area contributed by atoms with Crippen LogP contribution in [0.25, 0.3) is 0 Å². The molecule has 0 saturated heterocycles. The van der Waals surface area contributed by atoms with Crippen LogP contribution in [0.5, 0.6) is 0 Å². The van der Waals surface area contributed by atoms with Crippen molar-refractivity contribution in [3.63, 3.8) is 0 Å². The van der Waals surface area contributed by atoms with Crippen LogP contribution in [0.3, 0.4) is 0 Å². The van der Waals surface area contributed by atoms with Crippen LogP contribution in [0, 0.1) is 0 Å². The summed E-state index contributed by atoms with van der Waals surface area (Å²) in [5.74, 6) is 0. The fourth-order valence-electron chi connectivity index (χ4n) is 2.38. The van der Waals surface area contributed by atoms with Crippen molar-refractivity contribution in [1.82, 2.24) is 0 Å². The normalized spacial score (nSPS) is 10.6. The van der Waals surface area contributed by atoms with E-state index in [1.165, 1.54) is 36.8 Å². The Hall–Kier alpha value is -1.70. The van der Waals surface area contributed by atoms with Crippen molar-refractivity contribution >= 4 is 19.0 Å². The Balaban J connectivity index is 1.57. The molecule has 0 heterocycles. The average molecular weight is 263 g/mol. The minimum absolute atomic E-state index is 0.845. The predicted molar refractivity (Wildman–Crippen MR) is 88.6 cm³/mol. The van der Waals surface area contributed by atoms with E-state index >= 15 is 0 Å². The third-order valence-electron chi connectivity index (χ3n) is 3.64. The van der Waals surface area contributed by atoms with Crippen LogP contribution >= 0.6 is 0 Å². The number of nitrogens with two attached hydrogens (primary N) is 1. The number of nitrogen functional groups attached to an aromatic ring is 1. The van der Waals surface area contributed by atoms with E-state index in [1.54, 1.807) is 0 Å². The maximum absolute atomic E-state index is 5.68. The maximum atomic E-state index is 5.68. The van der Waals surface area contributed by atoms with Crippen molar-refractivity contribution < 1.29 is 0 Å². The number of unbranched alkanes of at least 4 members (excludes halogenated alkanes) is 3. The molecule has 2 heteroatoms. The molecule has 0 saturated carbocycles. The van der Waals surface area contributed by atoms with Gasteiger partial charge in [0.1, 0.15) is 7.85 Å². The number of benzene rings is 2. The Bertz CT molecular complexity index is 452. The van der Waals surface area contributed by atoms with Crippen molar-refractivity contribution in [2.45, 2.75) is 38.5 Å². The highest BCUT2D eigenvalue weighted by Gasteiger charge is 1.96. The summed E-state index contributed by atoms with van der Waals surface area (Å²) in [6.07, 6.45) is 7.40. The molecule has 2 rings (SSSR count). The van der Waals surface area contributed by atoms with Gasteiger partial charge < -0.3 is 5.73 Å². The molecular weight excluding hydrogens is 241 g/mol. The van der Waals surface area contributed by atoms with Crippen molar-refractivity contribution in [2.24, 2.45) is 0 Å². The summed E-state index contributed by atoms with van der Waals surface area (Å²) in [5, 5.41) is 0. The molecule has 0 unspecified atom stereocenters. The monoisotopic (exact) mass is 263 g/mol. The summed E-state index contributed by atoms with van der Waals surface area (Å²) in [4.78, 5) is 0. The van der Waals surface area contributed by atoms with E-state index in [4.69, 9.17) is 13.6 Å². The van der Waals surface area contributed by atoms with Crippen molar-refractivity contribution in [2.75, 3.05) is 5.73 Å². The first kappa shape index (κ1) is 14.7. The second-order valence-corrected chi connectivity index (χ2v) is 5.40. The van der Waals surface area contributed by atoms with E-state index in [0.29, 0.717) is 0 Å². The lowest BCUT2D eigenvalue weighted by molar-refractivity contribution is 0.640. The lowest BCUT2D eigenvalue weighted by Gasteiger charge is -2.04. The summed E-state index contributed by atoms with van der Waals surface area (Å²) >= 11 is 0. The molecule has 2 aromatic rings. The van der Waals surface area contributed by atoms with Crippen molar-refractivity contribution in [3.05, 3.63) is 59.7 Å². The first-order chi connectivity index (χ1) is 9.74. The molecule has 1 nitrogen and oxygen atoms in total. The van der Waals surface area contributed by atoms with E-state index in [0.717, 1.165) is 24.0 Å². The molecule has 102 valence electrons. The fraction of sp³-hybridized carbons (Fsp3) is 0.333. The van der Waals surface area contributed by atoms with Gasteiger partial charge in [0, 0.05) is 5.69 Å². The Labute approximate surface area is 123 Å². The molecule has 2 radical (unpaired) electrons. The Kier molecular flexibility index (Phi) is 5.73. The number of anilines is 1. The molecular formula is C18H22BN. The van der Waals surface area contributed by atoms with Crippen molar-refractivity contribution in [1.29, 1.82) is 0 Å². The van der Waals surface area contributed by atoms with Crippen LogP contribution in [-0.4, -0.2) is 7.85 Å². The quantitative estimate of drug-likeness (QED) is 0.462. The van der Waals surface area contributed by atoms with Crippen LogP contribution in [0.15, 0.2) is 48.5 Å². The largest absolute Gasteiger partial charge is 0.399 e. The van der Waals surface area contributed by atoms with Gasteiger partial charge in [0.15, 0.2) is 0 Å². The summed E-state index contributed by atoms with van der Waals surface area (Å²) in [5.41, 5.74) is 10.1. The highest BCUT2D eigenvalue weighted by Crippen LogP contribution is 2.12. The van der Waals surface area contributed by atoms with E-state index in [-0.39, 0.29) is 0 Å². The van der Waals surface area contributed by atoms with Crippen LogP contribution in [-0.2, 0) is 12.8 Å². The topological polar surface area (TPSA) is 26.0 Å². The van der Waals surface area contributed by atoms with Gasteiger partial charge >= 0.3 is 0 Å². The van der Waals surface area contributed by atoms with Gasteiger partial charge in [-0.3, -0.25) is 0 Å². The van der Waals surface area contributed by atoms with Crippen LogP contribution in [0.2, 0.25) is 0 Å². The first-order valence-electron chi connectivity index (χ1n) is 7.43. The van der Waals surface area contributed by atoms with Crippen LogP contribution in [0.4, 0.5) is 5.69 Å². The number of aryl methyl sites for hydroxylation is 2. The number of hydrogen-bond acceptors (Lipinski definition) is 1. The average Bonchev–Trinajstić information content (AvgIpc) is 2.46. The molecule has 0 amide bonds. The molecule has 0 aliphatic heterocycles. The van der Waals surface area contributed by atoms with Gasteiger partial charge in [-0.05, 0) is 48.9 Å². The predicted octanol–water partition coefficient (Wildman–Crippen LogP) is 3.41. The van der Waals surface area contributed by atoms with Crippen LogP contribution in [0.1, 0.15) is 36.8 Å². The summed E-state index contributed by atoms with van der Waals surface area (Å²) in [7, 11) is 5.68. The molecule has 0 bridgehead atoms. The maximum Gasteiger partial charge on any atom is 0.113 e. The zero-order valence-electron chi connectivity index (χ0n) is 12.0. The SMILES string of the molecule is [B]c1ccc(CCCCCCc2ccc(N)cc2)cc1. The Morgan fingerprint density at radius 1 is 0.650 bits per heavy atom. The molecule has 0 aliphatic carbocycles. The highest BCUT2D eigenvalue weighted by molar-refractivity contribution is 6.32. The molecule has 0 atom stereocenters. The lowest BCUT2D eigenvalue weighted by atomic mass is 9.94. The van der Waals surface area contributed by atoms with Gasteiger partial charge in [0.05, 0.1) is 0 Å². The van der Waals surface area contributed by atoms with E-state index in [2.05, 4.69) is 24.3 Å². The van der Waals surface area contributed by atoms with Crippen LogP contribution < -0.4 is 11.2 Å². The summed E-state index contributed by atoms with van der Waals surface area (Å²) in [6.45, 7) is 0. The van der Waals surface area contributed by atoms with Gasteiger partial charge in [-0.1, -0.05) is 54.7 Å². The van der Waals surface area contributed by atoms with E-state index < -0.39 is 0 Å². The third kappa shape index (κ3) is 5.12. The second kappa shape index (κ2) is 7.79. The van der Waals surface area contributed by atoms with E-state index in [9.17, 15) is 0 Å². The fourth-order valence-corrected chi connectivity index (χ4v) is 2.38. The summed E-state index contributed by atoms with van der Waals surface area (Å²) in [6, 6.07) is 16.4. The molecule has 2 N–H and O–H groups in total. The molecule has 20 heavy (non-hydrogen) atoms. The molecule has 0 fully saturated rings. The zero-order valence-corrected chi connectivity index (χ0v) is 12.0. The van der Waals surface area contributed by atoms with Gasteiger partial charge in [-0.2, -0.15) is 0 Å². The van der Waals surface area contributed by atoms with Gasteiger partial charge in [0.25, 0.3) is 0 Å². The minimum Gasteiger partial charge on any atom is -0.399 e. The Morgan fingerprint density at radius 2 is 1.10 bits per heavy atom. The minimum atomic E-state index is 0.845. The first-order valence-corrected chi connectivity index (χ1v) is 7.43. The summed E-state index contributed by atoms with van der Waals surface area (Å²) < 4.78 is 0. The number of rotatable bonds is 7. The van der Waals surface area contributed by atoms with Gasteiger partial charge in [-0.15, -0.1) is 0 Å². The molecule has 2 aromatic carbocycles. The zero-order chi connectivity index (χ0) is 14.2. The Morgan fingerprint density at radius 3 is 1.60 bits per heavy atom.